The molecule has 4 nitrogen and oxygen atoms in total. The van der Waals surface area contributed by atoms with Gasteiger partial charge in [-0.2, -0.15) is 0 Å². The van der Waals surface area contributed by atoms with E-state index >= 15 is 0 Å². The summed E-state index contributed by atoms with van der Waals surface area (Å²) in [7, 11) is -3.43. The Bertz CT molecular complexity index is 903. The van der Waals surface area contributed by atoms with Crippen molar-refractivity contribution in [2.75, 3.05) is 12.3 Å². The Morgan fingerprint density at radius 3 is 2.11 bits per heavy atom. The highest BCUT2D eigenvalue weighted by atomic mass is 32.2. The Morgan fingerprint density at radius 2 is 1.57 bits per heavy atom. The highest BCUT2D eigenvalue weighted by Gasteiger charge is 2.17. The van der Waals surface area contributed by atoms with Crippen LogP contribution in [0.3, 0.4) is 0 Å². The third kappa shape index (κ3) is 5.93. The smallest absolute Gasteiger partial charge is 0.221 e. The molecule has 152 valence electrons. The van der Waals surface area contributed by atoms with E-state index in [1.807, 2.05) is 0 Å². The Kier molecular flexibility index (Phi) is 7.05. The van der Waals surface area contributed by atoms with E-state index in [9.17, 15) is 13.2 Å². The molecule has 0 saturated carbocycles. The predicted molar refractivity (Wildman–Crippen MR) is 114 cm³/mol. The van der Waals surface area contributed by atoms with Crippen LogP contribution in [0.15, 0.2) is 47.4 Å². The minimum atomic E-state index is -3.43. The summed E-state index contributed by atoms with van der Waals surface area (Å²) < 4.78 is 24.5. The van der Waals surface area contributed by atoms with E-state index in [2.05, 4.69) is 52.1 Å². The number of aryl methyl sites for hydroxylation is 2. The summed E-state index contributed by atoms with van der Waals surface area (Å²) in [5, 5.41) is 2.85. The topological polar surface area (TPSA) is 63.2 Å². The Morgan fingerprint density at radius 1 is 1.00 bits per heavy atom. The van der Waals surface area contributed by atoms with E-state index in [0.717, 1.165) is 6.42 Å². The van der Waals surface area contributed by atoms with Gasteiger partial charge in [-0.05, 0) is 60.1 Å². The Hall–Kier alpha value is -2.14. The molecule has 0 aromatic heterocycles. The van der Waals surface area contributed by atoms with Crippen LogP contribution in [0.25, 0.3) is 0 Å². The summed E-state index contributed by atoms with van der Waals surface area (Å²) in [6, 6.07) is 12.7. The summed E-state index contributed by atoms with van der Waals surface area (Å²) >= 11 is 0. The molecule has 2 aromatic rings. The number of amides is 1. The van der Waals surface area contributed by atoms with Gasteiger partial charge in [-0.1, -0.05) is 51.1 Å². The first-order valence-electron chi connectivity index (χ1n) is 9.66. The maximum absolute atomic E-state index is 12.3. The first-order valence-corrected chi connectivity index (χ1v) is 11.3. The van der Waals surface area contributed by atoms with Crippen molar-refractivity contribution in [3.8, 4) is 0 Å². The first kappa shape index (κ1) is 22.2. The molecule has 0 spiro atoms. The van der Waals surface area contributed by atoms with Gasteiger partial charge in [-0.25, -0.2) is 8.42 Å². The molecule has 0 saturated heterocycles. The number of sulfone groups is 1. The molecule has 2 aromatic carbocycles. The van der Waals surface area contributed by atoms with Gasteiger partial charge in [-0.15, -0.1) is 0 Å². The second-order valence-electron chi connectivity index (χ2n) is 8.32. The minimum Gasteiger partial charge on any atom is -0.356 e. The maximum Gasteiger partial charge on any atom is 0.221 e. The molecule has 0 aliphatic carbocycles. The zero-order chi connectivity index (χ0) is 20.9. The molecule has 0 aliphatic heterocycles. The lowest BCUT2D eigenvalue weighted by molar-refractivity contribution is -0.120. The van der Waals surface area contributed by atoms with Gasteiger partial charge >= 0.3 is 0 Å². The number of carbonyl (C=O) groups is 1. The zero-order valence-electron chi connectivity index (χ0n) is 17.5. The van der Waals surface area contributed by atoms with E-state index in [4.69, 9.17) is 0 Å². The van der Waals surface area contributed by atoms with Crippen LogP contribution in [0.1, 0.15) is 49.4 Å². The summed E-state index contributed by atoms with van der Waals surface area (Å²) in [6.45, 7) is 11.3. The average molecular weight is 402 g/mol. The minimum absolute atomic E-state index is 0.0296. The first-order chi connectivity index (χ1) is 13.0. The van der Waals surface area contributed by atoms with Gasteiger partial charge in [0.2, 0.25) is 5.91 Å². The van der Waals surface area contributed by atoms with Crippen LogP contribution in [-0.4, -0.2) is 26.6 Å². The molecule has 0 heterocycles. The lowest BCUT2D eigenvalue weighted by atomic mass is 9.83. The number of carbonyl (C=O) groups excluding carboxylic acids is 1. The molecule has 0 aliphatic rings. The molecule has 5 heteroatoms. The molecule has 0 atom stereocenters. The van der Waals surface area contributed by atoms with Gasteiger partial charge in [0.1, 0.15) is 0 Å². The predicted octanol–water partition coefficient (Wildman–Crippen LogP) is 4.12. The van der Waals surface area contributed by atoms with E-state index in [0.29, 0.717) is 6.54 Å². The van der Waals surface area contributed by atoms with E-state index in [1.165, 1.54) is 22.3 Å². The van der Waals surface area contributed by atoms with Crippen molar-refractivity contribution in [3.63, 3.8) is 0 Å². The molecule has 1 N–H and O–H groups in total. The summed E-state index contributed by atoms with van der Waals surface area (Å²) in [4.78, 5) is 12.3. The van der Waals surface area contributed by atoms with Crippen molar-refractivity contribution >= 4 is 15.7 Å². The number of nitrogens with one attached hydrogen (secondary N) is 1. The fourth-order valence-corrected chi connectivity index (χ4v) is 4.47. The third-order valence-corrected chi connectivity index (χ3v) is 6.69. The van der Waals surface area contributed by atoms with Gasteiger partial charge in [0, 0.05) is 13.0 Å². The molecule has 28 heavy (non-hydrogen) atoms. The third-order valence-electron chi connectivity index (χ3n) is 4.96. The van der Waals surface area contributed by atoms with Crippen LogP contribution in [0, 0.1) is 13.8 Å². The van der Waals surface area contributed by atoms with Crippen molar-refractivity contribution in [3.05, 3.63) is 64.7 Å². The fourth-order valence-electron chi connectivity index (χ4n) is 3.21. The monoisotopic (exact) mass is 401 g/mol. The standard InChI is InChI=1S/C23H31NO3S/c1-17-15-19(23(3,4)5)16-18(2)21(17)11-13-24-22(25)12-14-28(26,27)20-9-7-6-8-10-20/h6-10,15-16H,11-14H2,1-5H3,(H,24,25). The number of rotatable bonds is 7. The summed E-state index contributed by atoms with van der Waals surface area (Å²) in [5.41, 5.74) is 5.11. The van der Waals surface area contributed by atoms with E-state index < -0.39 is 9.84 Å². The van der Waals surface area contributed by atoms with Gasteiger partial charge < -0.3 is 5.32 Å². The largest absolute Gasteiger partial charge is 0.356 e. The molecule has 2 rings (SSSR count). The van der Waals surface area contributed by atoms with Crippen molar-refractivity contribution < 1.29 is 13.2 Å². The number of hydrogen-bond acceptors (Lipinski definition) is 3. The second-order valence-corrected chi connectivity index (χ2v) is 10.4. The van der Waals surface area contributed by atoms with Crippen LogP contribution in [0.2, 0.25) is 0 Å². The van der Waals surface area contributed by atoms with Crippen molar-refractivity contribution in [1.82, 2.24) is 5.32 Å². The van der Waals surface area contributed by atoms with Gasteiger partial charge in [0.15, 0.2) is 9.84 Å². The highest BCUT2D eigenvalue weighted by molar-refractivity contribution is 7.91. The van der Waals surface area contributed by atoms with Gasteiger partial charge in [0.25, 0.3) is 0 Å². The highest BCUT2D eigenvalue weighted by Crippen LogP contribution is 2.27. The van der Waals surface area contributed by atoms with E-state index in [1.54, 1.807) is 30.3 Å². The van der Waals surface area contributed by atoms with Crippen LogP contribution < -0.4 is 5.32 Å². The van der Waals surface area contributed by atoms with Crippen molar-refractivity contribution in [2.24, 2.45) is 0 Å². The molecular weight excluding hydrogens is 370 g/mol. The molecule has 1 amide bonds. The lowest BCUT2D eigenvalue weighted by Crippen LogP contribution is -2.28. The molecular formula is C23H31NO3S. The zero-order valence-corrected chi connectivity index (χ0v) is 18.3. The van der Waals surface area contributed by atoms with Crippen molar-refractivity contribution in [2.45, 2.75) is 57.8 Å². The SMILES string of the molecule is Cc1cc(C(C)(C)C)cc(C)c1CCNC(=O)CCS(=O)(=O)c1ccccc1. The molecule has 0 bridgehead atoms. The Labute approximate surface area is 169 Å². The molecule has 0 unspecified atom stereocenters. The Balaban J connectivity index is 1.89. The molecule has 0 radical (unpaired) electrons. The summed E-state index contributed by atoms with van der Waals surface area (Å²) in [5.74, 6) is -0.414. The number of hydrogen-bond donors (Lipinski definition) is 1. The maximum atomic E-state index is 12.3. The van der Waals surface area contributed by atoms with Crippen LogP contribution in [-0.2, 0) is 26.5 Å². The second kappa shape index (κ2) is 8.91. The van der Waals surface area contributed by atoms with E-state index in [-0.39, 0.29) is 28.4 Å². The van der Waals surface area contributed by atoms with Gasteiger partial charge in [-0.3, -0.25) is 4.79 Å². The van der Waals surface area contributed by atoms with Gasteiger partial charge in [0.05, 0.1) is 10.6 Å². The van der Waals surface area contributed by atoms with Crippen molar-refractivity contribution in [1.29, 1.82) is 0 Å². The normalized spacial score (nSPS) is 12.0. The van der Waals surface area contributed by atoms with Crippen LogP contribution >= 0.6 is 0 Å². The quantitative estimate of drug-likeness (QED) is 0.759. The van der Waals surface area contributed by atoms with Crippen LogP contribution in [0.5, 0.6) is 0 Å². The number of benzene rings is 2. The lowest BCUT2D eigenvalue weighted by Gasteiger charge is -2.22. The molecule has 0 fully saturated rings. The average Bonchev–Trinajstić information content (AvgIpc) is 2.62. The van der Waals surface area contributed by atoms with Crippen LogP contribution in [0.4, 0.5) is 0 Å². The summed E-state index contributed by atoms with van der Waals surface area (Å²) in [6.07, 6.45) is 0.706. The fraction of sp³-hybridized carbons (Fsp3) is 0.435.